The molecule has 0 aromatic heterocycles. The minimum atomic E-state index is -0.547. The van der Waals surface area contributed by atoms with Crippen LogP contribution in [0.2, 0.25) is 0 Å². The first-order valence-corrected chi connectivity index (χ1v) is 6.38. The maximum absolute atomic E-state index is 11.4. The molecule has 0 spiro atoms. The van der Waals surface area contributed by atoms with E-state index in [1.165, 1.54) is 12.8 Å². The molecule has 0 aromatic carbocycles. The van der Waals surface area contributed by atoms with Gasteiger partial charge in [0.25, 0.3) is 0 Å². The summed E-state index contributed by atoms with van der Waals surface area (Å²) in [5, 5.41) is 9.38. The maximum Gasteiger partial charge on any atom is 0.309 e. The van der Waals surface area contributed by atoms with Crippen molar-refractivity contribution in [2.45, 2.75) is 65.2 Å². The van der Waals surface area contributed by atoms with Gasteiger partial charge in [-0.05, 0) is 31.6 Å². The molecule has 2 nitrogen and oxygen atoms in total. The number of carboxylic acid groups (broad SMARTS) is 1. The van der Waals surface area contributed by atoms with Crippen molar-refractivity contribution < 1.29 is 9.90 Å². The summed E-state index contributed by atoms with van der Waals surface area (Å²) in [4.78, 5) is 11.4. The molecule has 1 fully saturated rings. The molecule has 0 aliphatic heterocycles. The topological polar surface area (TPSA) is 37.3 Å². The van der Waals surface area contributed by atoms with E-state index in [0.717, 1.165) is 38.5 Å². The van der Waals surface area contributed by atoms with Crippen LogP contribution in [0, 0.1) is 11.3 Å². The second-order valence-corrected chi connectivity index (χ2v) is 5.06. The molecule has 15 heavy (non-hydrogen) atoms. The summed E-state index contributed by atoms with van der Waals surface area (Å²) in [6, 6.07) is 0. The summed E-state index contributed by atoms with van der Waals surface area (Å²) in [5.74, 6) is 0.109. The summed E-state index contributed by atoms with van der Waals surface area (Å²) in [7, 11) is 0. The molecule has 0 radical (unpaired) electrons. The Morgan fingerprint density at radius 1 is 1.40 bits per heavy atom. The highest BCUT2D eigenvalue weighted by atomic mass is 16.4. The second kappa shape index (κ2) is 5.53. The molecule has 0 bridgehead atoms. The number of carbonyl (C=O) groups is 1. The van der Waals surface area contributed by atoms with Crippen LogP contribution in [0.1, 0.15) is 65.2 Å². The van der Waals surface area contributed by atoms with Crippen LogP contribution in [0.5, 0.6) is 0 Å². The van der Waals surface area contributed by atoms with Crippen LogP contribution in [0.4, 0.5) is 0 Å². The summed E-state index contributed by atoms with van der Waals surface area (Å²) < 4.78 is 0. The maximum atomic E-state index is 11.4. The summed E-state index contributed by atoms with van der Waals surface area (Å²) in [6.45, 7) is 4.34. The first kappa shape index (κ1) is 12.5. The molecule has 1 N–H and O–H groups in total. The van der Waals surface area contributed by atoms with Gasteiger partial charge >= 0.3 is 5.97 Å². The number of rotatable bonds is 6. The minimum absolute atomic E-state index is 0.365. The van der Waals surface area contributed by atoms with Crippen LogP contribution in [0.15, 0.2) is 0 Å². The van der Waals surface area contributed by atoms with Crippen molar-refractivity contribution in [2.75, 3.05) is 0 Å². The Balaban J connectivity index is 2.53. The smallest absolute Gasteiger partial charge is 0.309 e. The molecule has 2 unspecified atom stereocenters. The third kappa shape index (κ3) is 2.96. The van der Waals surface area contributed by atoms with Crippen LogP contribution in [0.3, 0.4) is 0 Å². The highest BCUT2D eigenvalue weighted by Crippen LogP contribution is 2.46. The van der Waals surface area contributed by atoms with Crippen molar-refractivity contribution in [3.8, 4) is 0 Å². The van der Waals surface area contributed by atoms with Crippen LogP contribution in [-0.2, 0) is 4.79 Å². The summed E-state index contributed by atoms with van der Waals surface area (Å²) in [5.41, 5.74) is -0.365. The lowest BCUT2D eigenvalue weighted by atomic mass is 9.80. The van der Waals surface area contributed by atoms with E-state index in [1.54, 1.807) is 0 Å². The molecule has 88 valence electrons. The van der Waals surface area contributed by atoms with E-state index < -0.39 is 5.97 Å². The first-order valence-electron chi connectivity index (χ1n) is 6.38. The highest BCUT2D eigenvalue weighted by molar-refractivity contribution is 5.75. The van der Waals surface area contributed by atoms with Gasteiger partial charge in [-0.15, -0.1) is 0 Å². The number of hydrogen-bond acceptors (Lipinski definition) is 1. The van der Waals surface area contributed by atoms with Crippen molar-refractivity contribution in [1.29, 1.82) is 0 Å². The van der Waals surface area contributed by atoms with Crippen molar-refractivity contribution in [1.82, 2.24) is 0 Å². The van der Waals surface area contributed by atoms with Gasteiger partial charge in [0, 0.05) is 0 Å². The number of unbranched alkanes of at least 4 members (excludes halogenated alkanes) is 2. The van der Waals surface area contributed by atoms with Crippen LogP contribution < -0.4 is 0 Å². The Morgan fingerprint density at radius 3 is 2.60 bits per heavy atom. The lowest BCUT2D eigenvalue weighted by molar-refractivity contribution is -0.149. The zero-order valence-corrected chi connectivity index (χ0v) is 10.1. The first-order chi connectivity index (χ1) is 7.14. The Labute approximate surface area is 93.1 Å². The van der Waals surface area contributed by atoms with Crippen molar-refractivity contribution in [3.05, 3.63) is 0 Å². The van der Waals surface area contributed by atoms with Crippen molar-refractivity contribution in [2.24, 2.45) is 11.3 Å². The van der Waals surface area contributed by atoms with Gasteiger partial charge in [0.2, 0.25) is 0 Å². The molecular formula is C13H24O2. The van der Waals surface area contributed by atoms with Gasteiger partial charge in [0.1, 0.15) is 0 Å². The van der Waals surface area contributed by atoms with E-state index in [0.29, 0.717) is 5.92 Å². The van der Waals surface area contributed by atoms with E-state index in [-0.39, 0.29) is 5.41 Å². The van der Waals surface area contributed by atoms with E-state index in [4.69, 9.17) is 0 Å². The van der Waals surface area contributed by atoms with Gasteiger partial charge in [-0.25, -0.2) is 0 Å². The zero-order chi connectivity index (χ0) is 11.3. The van der Waals surface area contributed by atoms with Crippen LogP contribution >= 0.6 is 0 Å². The molecule has 1 aliphatic rings. The lowest BCUT2D eigenvalue weighted by Crippen LogP contribution is -2.28. The third-order valence-electron chi connectivity index (χ3n) is 4.00. The summed E-state index contributed by atoms with van der Waals surface area (Å²) >= 11 is 0. The molecule has 0 amide bonds. The van der Waals surface area contributed by atoms with E-state index in [1.807, 2.05) is 0 Å². The zero-order valence-electron chi connectivity index (χ0n) is 10.1. The van der Waals surface area contributed by atoms with Crippen molar-refractivity contribution in [3.63, 3.8) is 0 Å². The highest BCUT2D eigenvalue weighted by Gasteiger charge is 2.43. The Hall–Kier alpha value is -0.530. The lowest BCUT2D eigenvalue weighted by Gasteiger charge is -2.24. The molecule has 2 heteroatoms. The fourth-order valence-electron chi connectivity index (χ4n) is 2.83. The van der Waals surface area contributed by atoms with Crippen LogP contribution in [-0.4, -0.2) is 11.1 Å². The normalized spacial score (nSPS) is 30.7. The fraction of sp³-hybridized carbons (Fsp3) is 0.923. The number of hydrogen-bond donors (Lipinski definition) is 1. The molecular weight excluding hydrogens is 188 g/mol. The predicted octanol–water partition coefficient (Wildman–Crippen LogP) is 3.85. The molecule has 2 atom stereocenters. The minimum Gasteiger partial charge on any atom is -0.481 e. The molecule has 1 saturated carbocycles. The Morgan fingerprint density at radius 2 is 2.13 bits per heavy atom. The van der Waals surface area contributed by atoms with Gasteiger partial charge in [0.15, 0.2) is 0 Å². The van der Waals surface area contributed by atoms with Gasteiger partial charge in [-0.2, -0.15) is 0 Å². The largest absolute Gasteiger partial charge is 0.481 e. The standard InChI is InChI=1S/C13H24O2/c1-3-5-6-8-13(12(14)15)9-7-11(4-2)10-13/h11H,3-10H2,1-2H3,(H,14,15). The average Bonchev–Trinajstić information content (AvgIpc) is 2.63. The number of aliphatic carboxylic acids is 1. The van der Waals surface area contributed by atoms with Gasteiger partial charge in [-0.3, -0.25) is 4.79 Å². The number of carboxylic acids is 1. The van der Waals surface area contributed by atoms with Gasteiger partial charge in [-0.1, -0.05) is 39.5 Å². The van der Waals surface area contributed by atoms with Gasteiger partial charge < -0.3 is 5.11 Å². The fourth-order valence-corrected chi connectivity index (χ4v) is 2.83. The third-order valence-corrected chi connectivity index (χ3v) is 4.00. The summed E-state index contributed by atoms with van der Waals surface area (Å²) in [6.07, 6.45) is 8.41. The van der Waals surface area contributed by atoms with Gasteiger partial charge in [0.05, 0.1) is 5.41 Å². The Kier molecular flexibility index (Phi) is 4.62. The monoisotopic (exact) mass is 212 g/mol. The van der Waals surface area contributed by atoms with E-state index in [2.05, 4.69) is 13.8 Å². The Bertz CT molecular complexity index is 213. The molecule has 1 aliphatic carbocycles. The SMILES string of the molecule is CCCCCC1(C(=O)O)CCC(CC)C1. The van der Waals surface area contributed by atoms with Crippen LogP contribution in [0.25, 0.3) is 0 Å². The average molecular weight is 212 g/mol. The molecule has 0 heterocycles. The predicted molar refractivity (Wildman–Crippen MR) is 61.8 cm³/mol. The second-order valence-electron chi connectivity index (χ2n) is 5.06. The van der Waals surface area contributed by atoms with Crippen molar-refractivity contribution >= 4 is 5.97 Å². The van der Waals surface area contributed by atoms with E-state index in [9.17, 15) is 9.90 Å². The van der Waals surface area contributed by atoms with E-state index >= 15 is 0 Å². The molecule has 1 rings (SSSR count). The molecule has 0 aromatic rings. The quantitative estimate of drug-likeness (QED) is 0.679. The molecule has 0 saturated heterocycles.